The van der Waals surface area contributed by atoms with E-state index in [9.17, 15) is 5.26 Å². The number of anilines is 6. The Bertz CT molecular complexity index is 5050. The fourth-order valence-corrected chi connectivity index (χ4v) is 14.2. The van der Waals surface area contributed by atoms with E-state index in [0.29, 0.717) is 39.9 Å². The van der Waals surface area contributed by atoms with Crippen LogP contribution in [0.15, 0.2) is 322 Å². The van der Waals surface area contributed by atoms with Gasteiger partial charge in [0.25, 0.3) is 0 Å². The lowest BCUT2D eigenvalue weighted by atomic mass is 9.91. The molecule has 0 radical (unpaired) electrons. The number of aromatic nitrogens is 2. The van der Waals surface area contributed by atoms with Gasteiger partial charge in [0.1, 0.15) is 11.6 Å². The van der Waals surface area contributed by atoms with E-state index >= 15 is 0 Å². The van der Waals surface area contributed by atoms with E-state index in [4.69, 9.17) is 9.47 Å². The molecule has 92 heavy (non-hydrogen) atoms. The summed E-state index contributed by atoms with van der Waals surface area (Å²) in [5.41, 5.74) is 20.9. The minimum absolute atomic E-state index is 0.418. The summed E-state index contributed by atoms with van der Waals surface area (Å²) in [5.74, 6) is 2.62. The molecule has 2 aliphatic rings. The van der Waals surface area contributed by atoms with Gasteiger partial charge in [0, 0.05) is 27.1 Å². The summed E-state index contributed by atoms with van der Waals surface area (Å²) in [6, 6.07) is 117. The van der Waals surface area contributed by atoms with Crippen LogP contribution in [0.5, 0.6) is 23.0 Å². The maximum absolute atomic E-state index is 13.3. The van der Waals surface area contributed by atoms with Crippen molar-refractivity contribution in [3.63, 3.8) is 0 Å². The first kappa shape index (κ1) is 52.5. The molecule has 0 spiro atoms. The largest absolute Gasteiger partial charge is 0.453 e. The van der Waals surface area contributed by atoms with Gasteiger partial charge in [0.2, 0.25) is 0 Å². The van der Waals surface area contributed by atoms with Crippen molar-refractivity contribution in [2.24, 2.45) is 0 Å². The van der Waals surface area contributed by atoms with Gasteiger partial charge < -0.3 is 28.4 Å². The Kier molecular flexibility index (Phi) is 12.2. The molecule has 14 aromatic carbocycles. The third-order valence-corrected chi connectivity index (χ3v) is 18.3. The smallest absolute Gasteiger partial charge is 0.151 e. The van der Waals surface area contributed by atoms with Gasteiger partial charge in [-0.05, 0) is 147 Å². The van der Waals surface area contributed by atoms with Crippen molar-refractivity contribution in [1.29, 1.82) is 5.26 Å². The number of ether oxygens (including phenoxy) is 2. The van der Waals surface area contributed by atoms with E-state index in [-0.39, 0.29) is 0 Å². The summed E-state index contributed by atoms with van der Waals surface area (Å²) in [7, 11) is 0. The van der Waals surface area contributed by atoms with Crippen LogP contribution in [-0.4, -0.2) is 9.13 Å². The molecule has 4 heterocycles. The highest BCUT2D eigenvalue weighted by Gasteiger charge is 2.41. The maximum atomic E-state index is 13.3. The molecular formula is C85H53N5O2. The standard InChI is InChI=1S/C85H53N5O2/c86-54-68-82(89-73-34-16-20-38-77(73)91-78-39-21-17-35-74(78)89)84(87-69-46-42-60(55-24-6-1-7-25-55)50-64(69)65-51-61(43-47-70(65)87)56-26-8-2-9-27-56)81(59-32-14-5-15-33-59)85(83(68)90-75-36-18-22-40-79(75)92-80-41-23-19-37-76(80)90)88-71-48-44-62(57-28-10-3-11-29-57)52-66(71)67-53-63(45-49-72(67)88)58-30-12-4-13-31-58/h1-53H. The zero-order valence-electron chi connectivity index (χ0n) is 49.7. The highest BCUT2D eigenvalue weighted by molar-refractivity contribution is 6.18. The number of hydrogen-bond acceptors (Lipinski definition) is 5. The van der Waals surface area contributed by atoms with Crippen molar-refractivity contribution in [3.8, 4) is 96.1 Å². The highest BCUT2D eigenvalue weighted by Crippen LogP contribution is 2.62. The molecule has 0 fully saturated rings. The SMILES string of the molecule is N#Cc1c(N2c3ccccc3Oc3ccccc32)c(-n2c3ccc(-c4ccccc4)cc3c3cc(-c4ccccc4)ccc32)c(-c2ccccc2)c(-n2c3ccc(-c4ccccc4)cc3c3cc(-c4ccccc4)ccc32)c1N1c2ccccc2Oc2ccccc21. The molecule has 0 saturated carbocycles. The Morgan fingerprint density at radius 1 is 0.239 bits per heavy atom. The number of nitriles is 1. The molecule has 7 heteroatoms. The van der Waals surface area contributed by atoms with Gasteiger partial charge in [-0.25, -0.2) is 0 Å². The molecule has 16 aromatic rings. The Morgan fingerprint density at radius 2 is 0.489 bits per heavy atom. The van der Waals surface area contributed by atoms with E-state index in [1.54, 1.807) is 0 Å². The Morgan fingerprint density at radius 3 is 0.761 bits per heavy atom. The molecule has 18 rings (SSSR count). The van der Waals surface area contributed by atoms with Gasteiger partial charge in [-0.15, -0.1) is 0 Å². The number of rotatable bonds is 9. The lowest BCUT2D eigenvalue weighted by molar-refractivity contribution is 0.477. The monoisotopic (exact) mass is 1180 g/mol. The number of hydrogen-bond donors (Lipinski definition) is 0. The molecule has 0 saturated heterocycles. The summed E-state index contributed by atoms with van der Waals surface area (Å²) in [6.45, 7) is 0. The zero-order chi connectivity index (χ0) is 60.8. The molecule has 0 amide bonds. The van der Waals surface area contributed by atoms with Crippen LogP contribution in [0, 0.1) is 11.3 Å². The molecule has 0 aliphatic carbocycles. The first-order valence-electron chi connectivity index (χ1n) is 31.0. The van der Waals surface area contributed by atoms with Crippen LogP contribution in [0.1, 0.15) is 5.56 Å². The van der Waals surface area contributed by atoms with Gasteiger partial charge in [0.05, 0.1) is 67.6 Å². The molecule has 0 bridgehead atoms. The fraction of sp³-hybridized carbons (Fsp3) is 0. The fourth-order valence-electron chi connectivity index (χ4n) is 14.2. The van der Waals surface area contributed by atoms with Gasteiger partial charge in [-0.2, -0.15) is 5.26 Å². The van der Waals surface area contributed by atoms with Crippen LogP contribution in [-0.2, 0) is 0 Å². The van der Waals surface area contributed by atoms with Crippen molar-refractivity contribution < 1.29 is 9.47 Å². The van der Waals surface area contributed by atoms with E-state index in [1.807, 2.05) is 48.5 Å². The number of fused-ring (bicyclic) bond motifs is 10. The summed E-state index contributed by atoms with van der Waals surface area (Å²) >= 11 is 0. The summed E-state index contributed by atoms with van der Waals surface area (Å²) in [5, 5.41) is 17.5. The second kappa shape index (κ2) is 21.3. The maximum Gasteiger partial charge on any atom is 0.151 e. The molecule has 2 aliphatic heterocycles. The average molecular weight is 1180 g/mol. The van der Waals surface area contributed by atoms with Crippen LogP contribution < -0.4 is 19.3 Å². The third-order valence-electron chi connectivity index (χ3n) is 18.3. The molecule has 0 N–H and O–H groups in total. The second-order valence-electron chi connectivity index (χ2n) is 23.4. The second-order valence-corrected chi connectivity index (χ2v) is 23.4. The van der Waals surface area contributed by atoms with Crippen molar-refractivity contribution >= 4 is 77.7 Å². The number of para-hydroxylation sites is 8. The average Bonchev–Trinajstić information content (AvgIpc) is 0.951. The summed E-state index contributed by atoms with van der Waals surface area (Å²) < 4.78 is 18.8. The quantitative estimate of drug-likeness (QED) is 0.144. The van der Waals surface area contributed by atoms with E-state index < -0.39 is 0 Å². The predicted molar refractivity (Wildman–Crippen MR) is 377 cm³/mol. The summed E-state index contributed by atoms with van der Waals surface area (Å²) in [6.07, 6.45) is 0. The van der Waals surface area contributed by atoms with Crippen molar-refractivity contribution in [1.82, 2.24) is 9.13 Å². The lowest BCUT2D eigenvalue weighted by Crippen LogP contribution is -2.24. The Labute approximate surface area is 531 Å². The topological polar surface area (TPSA) is 58.6 Å². The normalized spacial score (nSPS) is 12.2. The van der Waals surface area contributed by atoms with Crippen LogP contribution >= 0.6 is 0 Å². The van der Waals surface area contributed by atoms with Gasteiger partial charge in [-0.3, -0.25) is 0 Å². The van der Waals surface area contributed by atoms with Crippen LogP contribution in [0.3, 0.4) is 0 Å². The van der Waals surface area contributed by atoms with Gasteiger partial charge >= 0.3 is 0 Å². The molecule has 0 unspecified atom stereocenters. The molecule has 0 atom stereocenters. The van der Waals surface area contributed by atoms with Gasteiger partial charge in [-0.1, -0.05) is 224 Å². The molecular weight excluding hydrogens is 1120 g/mol. The Balaban J connectivity index is 1.10. The van der Waals surface area contributed by atoms with Crippen LogP contribution in [0.25, 0.3) is 111 Å². The third kappa shape index (κ3) is 8.29. The number of nitrogens with zero attached hydrogens (tertiary/aromatic N) is 5. The van der Waals surface area contributed by atoms with E-state index in [1.165, 1.54) is 0 Å². The van der Waals surface area contributed by atoms with E-state index in [2.05, 4.69) is 298 Å². The van der Waals surface area contributed by atoms with Crippen molar-refractivity contribution in [2.75, 3.05) is 9.80 Å². The highest BCUT2D eigenvalue weighted by atomic mass is 16.5. The summed E-state index contributed by atoms with van der Waals surface area (Å²) in [4.78, 5) is 4.58. The molecule has 7 nitrogen and oxygen atoms in total. The minimum atomic E-state index is 0.418. The first-order valence-corrected chi connectivity index (χ1v) is 31.0. The van der Waals surface area contributed by atoms with Crippen molar-refractivity contribution in [3.05, 3.63) is 327 Å². The van der Waals surface area contributed by atoms with Crippen LogP contribution in [0.4, 0.5) is 34.1 Å². The van der Waals surface area contributed by atoms with E-state index in [0.717, 1.165) is 133 Å². The number of benzene rings is 14. The lowest BCUT2D eigenvalue weighted by Gasteiger charge is -2.40. The zero-order valence-corrected chi connectivity index (χ0v) is 49.7. The first-order chi connectivity index (χ1) is 45.6. The molecule has 2 aromatic heterocycles. The molecule has 430 valence electrons. The van der Waals surface area contributed by atoms with Crippen LogP contribution in [0.2, 0.25) is 0 Å². The predicted octanol–water partition coefficient (Wildman–Crippen LogP) is 23.2. The Hall–Kier alpha value is -12.6. The van der Waals surface area contributed by atoms with Gasteiger partial charge in [0.15, 0.2) is 23.0 Å². The van der Waals surface area contributed by atoms with Crippen molar-refractivity contribution in [2.45, 2.75) is 0 Å². The minimum Gasteiger partial charge on any atom is -0.453 e.